The van der Waals surface area contributed by atoms with Crippen molar-refractivity contribution < 1.29 is 4.79 Å². The summed E-state index contributed by atoms with van der Waals surface area (Å²) in [5.41, 5.74) is 8.16. The van der Waals surface area contributed by atoms with E-state index in [2.05, 4.69) is 10.2 Å². The molecule has 0 atom stereocenters. The second-order valence-corrected chi connectivity index (χ2v) is 4.68. The summed E-state index contributed by atoms with van der Waals surface area (Å²) >= 11 is 0. The second-order valence-electron chi connectivity index (χ2n) is 4.68. The number of carbonyl (C=O) groups excluding carboxylic acids is 1. The molecule has 4 nitrogen and oxygen atoms in total. The van der Waals surface area contributed by atoms with E-state index in [1.807, 2.05) is 37.4 Å². The van der Waals surface area contributed by atoms with Crippen LogP contribution in [0.4, 0.5) is 17.1 Å². The summed E-state index contributed by atoms with van der Waals surface area (Å²) in [6, 6.07) is 17.1. The average molecular weight is 269 g/mol. The highest BCUT2D eigenvalue weighted by Gasteiger charge is 2.05. The van der Waals surface area contributed by atoms with Crippen molar-refractivity contribution in [1.29, 1.82) is 0 Å². The van der Waals surface area contributed by atoms with Gasteiger partial charge < -0.3 is 16.0 Å². The lowest BCUT2D eigenvalue weighted by Crippen LogP contribution is -2.23. The lowest BCUT2D eigenvalue weighted by Gasteiger charge is -2.18. The fourth-order valence-corrected chi connectivity index (χ4v) is 1.87. The fourth-order valence-electron chi connectivity index (χ4n) is 1.87. The number of nitrogens with two attached hydrogens (primary N) is 1. The molecule has 0 aliphatic rings. The molecule has 0 spiro atoms. The molecule has 1 amide bonds. The van der Waals surface area contributed by atoms with Crippen LogP contribution in [0.5, 0.6) is 0 Å². The van der Waals surface area contributed by atoms with Gasteiger partial charge in [-0.1, -0.05) is 18.2 Å². The summed E-state index contributed by atoms with van der Waals surface area (Å²) in [5, 5.41) is 2.85. The van der Waals surface area contributed by atoms with E-state index in [1.165, 1.54) is 0 Å². The van der Waals surface area contributed by atoms with E-state index >= 15 is 0 Å². The summed E-state index contributed by atoms with van der Waals surface area (Å²) in [6.07, 6.45) is 0.440. The van der Waals surface area contributed by atoms with E-state index in [9.17, 15) is 4.79 Å². The number of nitrogen functional groups attached to an aromatic ring is 1. The topological polar surface area (TPSA) is 58.4 Å². The lowest BCUT2D eigenvalue weighted by molar-refractivity contribution is -0.116. The number of benzene rings is 2. The Morgan fingerprint density at radius 3 is 2.40 bits per heavy atom. The zero-order valence-electron chi connectivity index (χ0n) is 11.5. The summed E-state index contributed by atoms with van der Waals surface area (Å²) in [6.45, 7) is 0.671. The monoisotopic (exact) mass is 269 g/mol. The normalized spacial score (nSPS) is 10.1. The molecule has 3 N–H and O–H groups in total. The van der Waals surface area contributed by atoms with Gasteiger partial charge in [-0.05, 0) is 36.4 Å². The van der Waals surface area contributed by atoms with Crippen LogP contribution in [0.1, 0.15) is 6.42 Å². The standard InChI is InChI=1S/C16H19N3O/c1-19(15-5-3-2-4-6-15)12-11-16(20)18-14-9-7-13(17)8-10-14/h2-10H,11-12,17H2,1H3,(H,18,20). The second kappa shape index (κ2) is 6.61. The van der Waals surface area contributed by atoms with Gasteiger partial charge in [-0.2, -0.15) is 0 Å². The molecular weight excluding hydrogens is 250 g/mol. The molecule has 0 aromatic heterocycles. The molecule has 104 valence electrons. The molecule has 20 heavy (non-hydrogen) atoms. The molecule has 0 saturated heterocycles. The van der Waals surface area contributed by atoms with Crippen LogP contribution in [0.25, 0.3) is 0 Å². The van der Waals surface area contributed by atoms with Crippen LogP contribution in [0.3, 0.4) is 0 Å². The number of para-hydroxylation sites is 1. The quantitative estimate of drug-likeness (QED) is 0.821. The molecule has 0 aliphatic carbocycles. The molecule has 2 aromatic rings. The van der Waals surface area contributed by atoms with Crippen LogP contribution < -0.4 is 16.0 Å². The minimum absolute atomic E-state index is 0.00227. The van der Waals surface area contributed by atoms with Crippen molar-refractivity contribution in [2.75, 3.05) is 29.5 Å². The van der Waals surface area contributed by atoms with Crippen LogP contribution >= 0.6 is 0 Å². The first-order valence-electron chi connectivity index (χ1n) is 6.57. The van der Waals surface area contributed by atoms with Gasteiger partial charge in [0, 0.05) is 37.1 Å². The van der Waals surface area contributed by atoms with Crippen LogP contribution in [-0.2, 0) is 4.79 Å². The highest BCUT2D eigenvalue weighted by molar-refractivity contribution is 5.91. The van der Waals surface area contributed by atoms with E-state index in [4.69, 9.17) is 5.73 Å². The Morgan fingerprint density at radius 1 is 1.10 bits per heavy atom. The third kappa shape index (κ3) is 4.02. The number of nitrogens with one attached hydrogen (secondary N) is 1. The Morgan fingerprint density at radius 2 is 1.75 bits per heavy atom. The summed E-state index contributed by atoms with van der Waals surface area (Å²) < 4.78 is 0. The van der Waals surface area contributed by atoms with Gasteiger partial charge in [0.25, 0.3) is 0 Å². The van der Waals surface area contributed by atoms with Crippen LogP contribution in [0.2, 0.25) is 0 Å². The Kier molecular flexibility index (Phi) is 4.60. The van der Waals surface area contributed by atoms with Crippen molar-refractivity contribution in [3.05, 3.63) is 54.6 Å². The largest absolute Gasteiger partial charge is 0.399 e. The van der Waals surface area contributed by atoms with Crippen LogP contribution in [0.15, 0.2) is 54.6 Å². The minimum Gasteiger partial charge on any atom is -0.399 e. The van der Waals surface area contributed by atoms with Crippen molar-refractivity contribution in [1.82, 2.24) is 0 Å². The highest BCUT2D eigenvalue weighted by atomic mass is 16.1. The van der Waals surface area contributed by atoms with Gasteiger partial charge in [-0.15, -0.1) is 0 Å². The number of anilines is 3. The van der Waals surface area contributed by atoms with Crippen LogP contribution in [0, 0.1) is 0 Å². The number of hydrogen-bond donors (Lipinski definition) is 2. The molecule has 0 saturated carbocycles. The van der Waals surface area contributed by atoms with Crippen molar-refractivity contribution in [2.45, 2.75) is 6.42 Å². The maximum atomic E-state index is 11.9. The van der Waals surface area contributed by atoms with E-state index in [0.717, 1.165) is 11.4 Å². The first-order valence-corrected chi connectivity index (χ1v) is 6.57. The van der Waals surface area contributed by atoms with Gasteiger partial charge >= 0.3 is 0 Å². The third-order valence-corrected chi connectivity index (χ3v) is 3.07. The Labute approximate surface area is 119 Å². The van der Waals surface area contributed by atoms with Crippen molar-refractivity contribution in [3.63, 3.8) is 0 Å². The van der Waals surface area contributed by atoms with Gasteiger partial charge in [0.1, 0.15) is 0 Å². The summed E-state index contributed by atoms with van der Waals surface area (Å²) in [7, 11) is 1.98. The van der Waals surface area contributed by atoms with E-state index in [-0.39, 0.29) is 5.91 Å². The first kappa shape index (κ1) is 13.9. The zero-order valence-corrected chi connectivity index (χ0v) is 11.5. The van der Waals surface area contributed by atoms with E-state index in [1.54, 1.807) is 24.3 Å². The molecule has 2 aromatic carbocycles. The summed E-state index contributed by atoms with van der Waals surface area (Å²) in [5.74, 6) is -0.00227. The molecule has 0 bridgehead atoms. The molecule has 0 radical (unpaired) electrons. The molecule has 0 heterocycles. The Balaban J connectivity index is 1.82. The van der Waals surface area contributed by atoms with Crippen molar-refractivity contribution in [3.8, 4) is 0 Å². The summed E-state index contributed by atoms with van der Waals surface area (Å²) in [4.78, 5) is 13.9. The molecular formula is C16H19N3O. The van der Waals surface area contributed by atoms with Gasteiger partial charge in [0.15, 0.2) is 0 Å². The highest BCUT2D eigenvalue weighted by Crippen LogP contribution is 2.13. The van der Waals surface area contributed by atoms with Crippen LogP contribution in [-0.4, -0.2) is 19.5 Å². The smallest absolute Gasteiger partial charge is 0.226 e. The predicted molar refractivity (Wildman–Crippen MR) is 83.8 cm³/mol. The fraction of sp³-hybridized carbons (Fsp3) is 0.188. The first-order chi connectivity index (χ1) is 9.65. The molecule has 2 rings (SSSR count). The molecule has 0 aliphatic heterocycles. The van der Waals surface area contributed by atoms with E-state index in [0.29, 0.717) is 18.7 Å². The van der Waals surface area contributed by atoms with Gasteiger partial charge in [-0.25, -0.2) is 0 Å². The van der Waals surface area contributed by atoms with Crippen molar-refractivity contribution in [2.24, 2.45) is 0 Å². The average Bonchev–Trinajstić information content (AvgIpc) is 2.48. The van der Waals surface area contributed by atoms with Gasteiger partial charge in [0.05, 0.1) is 0 Å². The number of rotatable bonds is 5. The number of amides is 1. The Bertz CT molecular complexity index is 552. The predicted octanol–water partition coefficient (Wildman–Crippen LogP) is 2.73. The lowest BCUT2D eigenvalue weighted by atomic mass is 10.2. The Hall–Kier alpha value is -2.49. The minimum atomic E-state index is -0.00227. The number of carbonyl (C=O) groups is 1. The third-order valence-electron chi connectivity index (χ3n) is 3.07. The number of hydrogen-bond acceptors (Lipinski definition) is 3. The number of nitrogens with zero attached hydrogens (tertiary/aromatic N) is 1. The van der Waals surface area contributed by atoms with Gasteiger partial charge in [0.2, 0.25) is 5.91 Å². The van der Waals surface area contributed by atoms with Crippen molar-refractivity contribution >= 4 is 23.0 Å². The molecule has 0 fully saturated rings. The zero-order chi connectivity index (χ0) is 14.4. The molecule has 0 unspecified atom stereocenters. The maximum absolute atomic E-state index is 11.9. The SMILES string of the molecule is CN(CCC(=O)Nc1ccc(N)cc1)c1ccccc1. The van der Waals surface area contributed by atoms with Gasteiger partial charge in [-0.3, -0.25) is 4.79 Å². The molecule has 4 heteroatoms. The van der Waals surface area contributed by atoms with E-state index < -0.39 is 0 Å². The maximum Gasteiger partial charge on any atom is 0.226 e.